The van der Waals surface area contributed by atoms with Crippen molar-refractivity contribution in [3.05, 3.63) is 66.4 Å². The molecule has 0 aliphatic carbocycles. The van der Waals surface area contributed by atoms with E-state index < -0.39 is 0 Å². The highest BCUT2D eigenvalue weighted by Crippen LogP contribution is 2.18. The van der Waals surface area contributed by atoms with Gasteiger partial charge >= 0.3 is 0 Å². The van der Waals surface area contributed by atoms with Gasteiger partial charge in [0.25, 0.3) is 5.91 Å². The van der Waals surface area contributed by atoms with Gasteiger partial charge in [-0.05, 0) is 37.3 Å². The number of benzene rings is 2. The lowest BCUT2D eigenvalue weighted by atomic mass is 10.1. The Morgan fingerprint density at radius 3 is 2.52 bits per heavy atom. The highest BCUT2D eigenvalue weighted by Gasteiger charge is 2.13. The van der Waals surface area contributed by atoms with Crippen LogP contribution in [0.4, 0.5) is 5.69 Å². The molecule has 0 spiro atoms. The predicted octanol–water partition coefficient (Wildman–Crippen LogP) is 3.33. The van der Waals surface area contributed by atoms with Gasteiger partial charge < -0.3 is 15.4 Å². The second kappa shape index (κ2) is 8.89. The summed E-state index contributed by atoms with van der Waals surface area (Å²) in [5, 5.41) is 10.6. The number of aromatic nitrogens is 2. The smallest absolute Gasteiger partial charge is 0.269 e. The summed E-state index contributed by atoms with van der Waals surface area (Å²) in [4.78, 5) is 12.4. The molecule has 0 radical (unpaired) electrons. The lowest BCUT2D eigenvalue weighted by Gasteiger charge is -2.09. The Kier molecular flexibility index (Phi) is 6.10. The third-order valence-corrected chi connectivity index (χ3v) is 4.09. The van der Waals surface area contributed by atoms with Crippen LogP contribution < -0.4 is 15.4 Å². The highest BCUT2D eigenvalue weighted by atomic mass is 16.5. The minimum Gasteiger partial charge on any atom is -0.494 e. The molecule has 1 aromatic heterocycles. The number of hydrogen-bond donors (Lipinski definition) is 2. The van der Waals surface area contributed by atoms with Gasteiger partial charge in [-0.25, -0.2) is 0 Å². The van der Waals surface area contributed by atoms with Crippen LogP contribution in [0.2, 0.25) is 0 Å². The summed E-state index contributed by atoms with van der Waals surface area (Å²) in [5.41, 5.74) is 3.30. The Bertz CT molecular complexity index is 873. The summed E-state index contributed by atoms with van der Waals surface area (Å²) in [6.45, 7) is 3.75. The van der Waals surface area contributed by atoms with E-state index in [-0.39, 0.29) is 5.91 Å². The van der Waals surface area contributed by atoms with Crippen LogP contribution in [0.3, 0.4) is 0 Å². The van der Waals surface area contributed by atoms with Gasteiger partial charge in [0.15, 0.2) is 0 Å². The monoisotopic (exact) mass is 364 g/mol. The van der Waals surface area contributed by atoms with Crippen LogP contribution in [0.1, 0.15) is 17.4 Å². The number of nitrogens with one attached hydrogen (secondary N) is 2. The minimum atomic E-state index is -0.138. The van der Waals surface area contributed by atoms with Gasteiger partial charge in [-0.2, -0.15) is 5.10 Å². The maximum atomic E-state index is 12.4. The third-order valence-electron chi connectivity index (χ3n) is 4.09. The second-order valence-corrected chi connectivity index (χ2v) is 6.04. The van der Waals surface area contributed by atoms with Crippen LogP contribution in [0, 0.1) is 0 Å². The number of rotatable bonds is 8. The molecule has 27 heavy (non-hydrogen) atoms. The maximum absolute atomic E-state index is 12.4. The average molecular weight is 364 g/mol. The molecule has 3 rings (SSSR count). The van der Waals surface area contributed by atoms with E-state index in [1.807, 2.05) is 67.6 Å². The van der Waals surface area contributed by atoms with Crippen LogP contribution in [0.25, 0.3) is 11.3 Å². The van der Waals surface area contributed by atoms with Gasteiger partial charge in [0.1, 0.15) is 11.4 Å². The van der Waals surface area contributed by atoms with E-state index >= 15 is 0 Å². The van der Waals surface area contributed by atoms with Crippen molar-refractivity contribution in [3.8, 4) is 17.0 Å². The fourth-order valence-corrected chi connectivity index (χ4v) is 2.74. The molecule has 3 aromatic rings. The van der Waals surface area contributed by atoms with Crippen molar-refractivity contribution in [2.24, 2.45) is 7.05 Å². The Hall–Kier alpha value is -3.28. The predicted molar refractivity (Wildman–Crippen MR) is 107 cm³/mol. The van der Waals surface area contributed by atoms with E-state index in [0.29, 0.717) is 25.4 Å². The molecule has 6 heteroatoms. The van der Waals surface area contributed by atoms with E-state index in [9.17, 15) is 4.79 Å². The summed E-state index contributed by atoms with van der Waals surface area (Å²) in [6, 6.07) is 19.4. The van der Waals surface area contributed by atoms with Crippen molar-refractivity contribution in [2.75, 3.05) is 25.0 Å². The van der Waals surface area contributed by atoms with E-state index in [1.165, 1.54) is 0 Å². The molecular formula is C21H24N4O2. The molecular weight excluding hydrogens is 340 g/mol. The van der Waals surface area contributed by atoms with Crippen molar-refractivity contribution in [2.45, 2.75) is 6.92 Å². The summed E-state index contributed by atoms with van der Waals surface area (Å²) in [7, 11) is 1.78. The summed E-state index contributed by atoms with van der Waals surface area (Å²) >= 11 is 0. The van der Waals surface area contributed by atoms with E-state index in [1.54, 1.807) is 11.7 Å². The van der Waals surface area contributed by atoms with Crippen LogP contribution in [-0.4, -0.2) is 35.4 Å². The van der Waals surface area contributed by atoms with Gasteiger partial charge in [0.05, 0.1) is 12.3 Å². The van der Waals surface area contributed by atoms with E-state index in [2.05, 4.69) is 15.7 Å². The first-order valence-corrected chi connectivity index (χ1v) is 9.01. The SMILES string of the molecule is CCOc1ccc(NCCNC(=O)c2cc(-c3ccccc3)nn2C)cc1. The number of carbonyl (C=O) groups is 1. The number of ether oxygens (including phenoxy) is 1. The van der Waals surface area contributed by atoms with Crippen LogP contribution in [0.15, 0.2) is 60.7 Å². The number of hydrogen-bond acceptors (Lipinski definition) is 4. The Morgan fingerprint density at radius 1 is 1.07 bits per heavy atom. The molecule has 140 valence electrons. The third kappa shape index (κ3) is 4.88. The van der Waals surface area contributed by atoms with Crippen LogP contribution in [-0.2, 0) is 7.05 Å². The first kappa shape index (κ1) is 18.5. The molecule has 6 nitrogen and oxygen atoms in total. The zero-order chi connectivity index (χ0) is 19.1. The molecule has 0 bridgehead atoms. The quantitative estimate of drug-likeness (QED) is 0.602. The zero-order valence-electron chi connectivity index (χ0n) is 15.6. The molecule has 1 amide bonds. The van der Waals surface area contributed by atoms with Gasteiger partial charge in [0, 0.05) is 31.4 Å². The highest BCUT2D eigenvalue weighted by molar-refractivity contribution is 5.93. The Balaban J connectivity index is 1.50. The molecule has 0 aliphatic rings. The van der Waals surface area contributed by atoms with Crippen LogP contribution >= 0.6 is 0 Å². The average Bonchev–Trinajstić information content (AvgIpc) is 3.09. The van der Waals surface area contributed by atoms with Crippen molar-refractivity contribution in [3.63, 3.8) is 0 Å². The molecule has 1 heterocycles. The number of carbonyl (C=O) groups excluding carboxylic acids is 1. The van der Waals surface area contributed by atoms with Gasteiger partial charge in [-0.15, -0.1) is 0 Å². The fraction of sp³-hybridized carbons (Fsp3) is 0.238. The van der Waals surface area contributed by atoms with Gasteiger partial charge in [-0.1, -0.05) is 30.3 Å². The summed E-state index contributed by atoms with van der Waals surface area (Å²) in [5.74, 6) is 0.711. The Labute approximate surface area is 159 Å². The topological polar surface area (TPSA) is 68.2 Å². The van der Waals surface area contributed by atoms with Crippen LogP contribution in [0.5, 0.6) is 5.75 Å². The second-order valence-electron chi connectivity index (χ2n) is 6.04. The molecule has 0 saturated heterocycles. The number of anilines is 1. The van der Waals surface area contributed by atoms with Crippen molar-refractivity contribution >= 4 is 11.6 Å². The maximum Gasteiger partial charge on any atom is 0.269 e. The zero-order valence-corrected chi connectivity index (χ0v) is 15.6. The van der Waals surface area contributed by atoms with Crippen molar-refractivity contribution < 1.29 is 9.53 Å². The lowest BCUT2D eigenvalue weighted by molar-refractivity contribution is 0.0946. The lowest BCUT2D eigenvalue weighted by Crippen LogP contribution is -2.30. The number of aryl methyl sites for hydroxylation is 1. The largest absolute Gasteiger partial charge is 0.494 e. The van der Waals surface area contributed by atoms with E-state index in [4.69, 9.17) is 4.74 Å². The fourth-order valence-electron chi connectivity index (χ4n) is 2.74. The first-order valence-electron chi connectivity index (χ1n) is 9.01. The van der Waals surface area contributed by atoms with E-state index in [0.717, 1.165) is 22.7 Å². The molecule has 0 saturated carbocycles. The minimum absolute atomic E-state index is 0.138. The Morgan fingerprint density at radius 2 is 1.81 bits per heavy atom. The van der Waals surface area contributed by atoms with Gasteiger partial charge in [0.2, 0.25) is 0 Å². The molecule has 0 unspecified atom stereocenters. The normalized spacial score (nSPS) is 10.4. The molecule has 0 aliphatic heterocycles. The molecule has 0 fully saturated rings. The van der Waals surface area contributed by atoms with Crippen molar-refractivity contribution in [1.29, 1.82) is 0 Å². The summed E-state index contributed by atoms with van der Waals surface area (Å²) in [6.07, 6.45) is 0. The molecule has 0 atom stereocenters. The standard InChI is InChI=1S/C21H24N4O2/c1-3-27-18-11-9-17(10-12-18)22-13-14-23-21(26)20-15-19(24-25(20)2)16-7-5-4-6-8-16/h4-12,15,22H,3,13-14H2,1-2H3,(H,23,26). The number of nitrogens with zero attached hydrogens (tertiary/aromatic N) is 2. The summed E-state index contributed by atoms with van der Waals surface area (Å²) < 4.78 is 7.03. The number of amides is 1. The van der Waals surface area contributed by atoms with Gasteiger partial charge in [-0.3, -0.25) is 9.48 Å². The molecule has 2 aromatic carbocycles. The van der Waals surface area contributed by atoms with Crippen molar-refractivity contribution in [1.82, 2.24) is 15.1 Å². The first-order chi connectivity index (χ1) is 13.2. The molecule has 2 N–H and O–H groups in total.